The molecule has 0 aliphatic heterocycles. The van der Waals surface area contributed by atoms with Crippen LogP contribution in [0.2, 0.25) is 0 Å². The average Bonchev–Trinajstić information content (AvgIpc) is 2.49. The van der Waals surface area contributed by atoms with Gasteiger partial charge in [0.1, 0.15) is 0 Å². The summed E-state index contributed by atoms with van der Waals surface area (Å²) in [6, 6.07) is 6.41. The summed E-state index contributed by atoms with van der Waals surface area (Å²) in [6.07, 6.45) is 1.52. The molecular weight excluding hydrogens is 266 g/mol. The summed E-state index contributed by atoms with van der Waals surface area (Å²) in [5.74, 6) is -0.194. The Morgan fingerprint density at radius 3 is 2.19 bits per heavy atom. The zero-order chi connectivity index (χ0) is 15.8. The highest BCUT2D eigenvalue weighted by Crippen LogP contribution is 2.12. The van der Waals surface area contributed by atoms with E-state index in [0.29, 0.717) is 30.8 Å². The SMILES string of the molecule is CCCC(N)C(=O)Nc1ccc(C(=O)N(CC)CC)cc1. The van der Waals surface area contributed by atoms with Gasteiger partial charge in [-0.25, -0.2) is 0 Å². The molecule has 0 heterocycles. The van der Waals surface area contributed by atoms with Crippen LogP contribution < -0.4 is 11.1 Å². The molecule has 0 saturated heterocycles. The van der Waals surface area contributed by atoms with Crippen LogP contribution in [0.4, 0.5) is 5.69 Å². The highest BCUT2D eigenvalue weighted by Gasteiger charge is 2.14. The zero-order valence-electron chi connectivity index (χ0n) is 13.1. The van der Waals surface area contributed by atoms with Crippen LogP contribution in [0.15, 0.2) is 24.3 Å². The number of anilines is 1. The van der Waals surface area contributed by atoms with Crippen LogP contribution in [-0.2, 0) is 4.79 Å². The maximum Gasteiger partial charge on any atom is 0.253 e. The van der Waals surface area contributed by atoms with Crippen molar-refractivity contribution in [3.63, 3.8) is 0 Å². The van der Waals surface area contributed by atoms with Gasteiger partial charge in [0.15, 0.2) is 0 Å². The largest absolute Gasteiger partial charge is 0.339 e. The van der Waals surface area contributed by atoms with Crippen LogP contribution in [0.5, 0.6) is 0 Å². The van der Waals surface area contributed by atoms with Crippen molar-refractivity contribution in [1.82, 2.24) is 4.90 Å². The van der Waals surface area contributed by atoms with Crippen LogP contribution in [0.25, 0.3) is 0 Å². The van der Waals surface area contributed by atoms with E-state index >= 15 is 0 Å². The molecule has 1 aromatic rings. The lowest BCUT2D eigenvalue weighted by atomic mass is 10.1. The topological polar surface area (TPSA) is 75.4 Å². The Balaban J connectivity index is 2.70. The second-order valence-corrected chi connectivity index (χ2v) is 4.94. The molecule has 1 rings (SSSR count). The first-order valence-corrected chi connectivity index (χ1v) is 7.49. The van der Waals surface area contributed by atoms with Crippen molar-refractivity contribution in [1.29, 1.82) is 0 Å². The molecule has 1 aromatic carbocycles. The molecule has 2 amide bonds. The van der Waals surface area contributed by atoms with E-state index in [4.69, 9.17) is 5.73 Å². The molecule has 0 radical (unpaired) electrons. The number of rotatable bonds is 7. The van der Waals surface area contributed by atoms with Gasteiger partial charge in [0.05, 0.1) is 6.04 Å². The van der Waals surface area contributed by atoms with E-state index in [9.17, 15) is 9.59 Å². The minimum Gasteiger partial charge on any atom is -0.339 e. The number of hydrogen-bond acceptors (Lipinski definition) is 3. The Bertz CT molecular complexity index is 467. The summed E-state index contributed by atoms with van der Waals surface area (Å²) in [5.41, 5.74) is 7.03. The third-order valence-corrected chi connectivity index (χ3v) is 3.39. The van der Waals surface area contributed by atoms with E-state index in [0.717, 1.165) is 6.42 Å². The molecule has 21 heavy (non-hydrogen) atoms. The summed E-state index contributed by atoms with van der Waals surface area (Å²) in [7, 11) is 0. The third kappa shape index (κ3) is 4.86. The Kier molecular flexibility index (Phi) is 6.88. The van der Waals surface area contributed by atoms with Crippen molar-refractivity contribution in [2.24, 2.45) is 5.73 Å². The lowest BCUT2D eigenvalue weighted by Gasteiger charge is -2.18. The molecule has 0 bridgehead atoms. The van der Waals surface area contributed by atoms with Gasteiger partial charge in [-0.3, -0.25) is 9.59 Å². The number of carbonyl (C=O) groups excluding carboxylic acids is 2. The van der Waals surface area contributed by atoms with Crippen molar-refractivity contribution in [3.05, 3.63) is 29.8 Å². The minimum atomic E-state index is -0.494. The van der Waals surface area contributed by atoms with Gasteiger partial charge in [0.25, 0.3) is 5.91 Å². The fourth-order valence-electron chi connectivity index (χ4n) is 2.07. The Labute approximate surface area is 126 Å². The first-order valence-electron chi connectivity index (χ1n) is 7.49. The van der Waals surface area contributed by atoms with Gasteiger partial charge in [-0.1, -0.05) is 13.3 Å². The molecule has 116 valence electrons. The molecule has 0 aliphatic carbocycles. The Morgan fingerprint density at radius 1 is 1.14 bits per heavy atom. The summed E-state index contributed by atoms with van der Waals surface area (Å²) in [6.45, 7) is 7.25. The summed E-state index contributed by atoms with van der Waals surface area (Å²) in [4.78, 5) is 25.7. The van der Waals surface area contributed by atoms with Crippen LogP contribution in [0.1, 0.15) is 44.0 Å². The van der Waals surface area contributed by atoms with Gasteiger partial charge in [-0.2, -0.15) is 0 Å². The second-order valence-electron chi connectivity index (χ2n) is 4.94. The molecular formula is C16H25N3O2. The average molecular weight is 291 g/mol. The third-order valence-electron chi connectivity index (χ3n) is 3.39. The molecule has 0 fully saturated rings. The number of carbonyl (C=O) groups is 2. The van der Waals surface area contributed by atoms with Gasteiger partial charge in [-0.05, 0) is 44.5 Å². The number of amides is 2. The summed E-state index contributed by atoms with van der Waals surface area (Å²) >= 11 is 0. The van der Waals surface area contributed by atoms with E-state index in [1.54, 1.807) is 29.2 Å². The monoisotopic (exact) mass is 291 g/mol. The van der Waals surface area contributed by atoms with Crippen molar-refractivity contribution >= 4 is 17.5 Å². The smallest absolute Gasteiger partial charge is 0.253 e. The van der Waals surface area contributed by atoms with Crippen molar-refractivity contribution in [2.45, 2.75) is 39.7 Å². The molecule has 3 N–H and O–H groups in total. The highest BCUT2D eigenvalue weighted by molar-refractivity contribution is 5.97. The van der Waals surface area contributed by atoms with E-state index < -0.39 is 6.04 Å². The molecule has 0 aromatic heterocycles. The van der Waals surface area contributed by atoms with E-state index in [-0.39, 0.29) is 11.8 Å². The van der Waals surface area contributed by atoms with E-state index in [1.807, 2.05) is 20.8 Å². The van der Waals surface area contributed by atoms with Gasteiger partial charge < -0.3 is 16.0 Å². The maximum atomic E-state index is 12.2. The second kappa shape index (κ2) is 8.42. The fraction of sp³-hybridized carbons (Fsp3) is 0.500. The molecule has 0 saturated carbocycles. The first kappa shape index (κ1) is 17.2. The van der Waals surface area contributed by atoms with Crippen LogP contribution in [0, 0.1) is 0 Å². The highest BCUT2D eigenvalue weighted by atomic mass is 16.2. The molecule has 5 nitrogen and oxygen atoms in total. The maximum absolute atomic E-state index is 12.2. The summed E-state index contributed by atoms with van der Waals surface area (Å²) < 4.78 is 0. The number of nitrogens with two attached hydrogens (primary N) is 1. The number of hydrogen-bond donors (Lipinski definition) is 2. The summed E-state index contributed by atoms with van der Waals surface area (Å²) in [5, 5.41) is 2.76. The lowest BCUT2D eigenvalue weighted by molar-refractivity contribution is -0.117. The van der Waals surface area contributed by atoms with Crippen LogP contribution in [0.3, 0.4) is 0 Å². The lowest BCUT2D eigenvalue weighted by Crippen LogP contribution is -2.35. The standard InChI is InChI=1S/C16H25N3O2/c1-4-7-14(17)15(20)18-13-10-8-12(9-11-13)16(21)19(5-2)6-3/h8-11,14H,4-7,17H2,1-3H3,(H,18,20). The Morgan fingerprint density at radius 2 is 1.71 bits per heavy atom. The van der Waals surface area contributed by atoms with Crippen molar-refractivity contribution < 1.29 is 9.59 Å². The number of nitrogens with zero attached hydrogens (tertiary/aromatic N) is 1. The van der Waals surface area contributed by atoms with Crippen molar-refractivity contribution in [3.8, 4) is 0 Å². The van der Waals surface area contributed by atoms with Gasteiger partial charge in [0, 0.05) is 24.3 Å². The molecule has 0 aliphatic rings. The van der Waals surface area contributed by atoms with E-state index in [2.05, 4.69) is 5.32 Å². The molecule has 1 atom stereocenters. The quantitative estimate of drug-likeness (QED) is 0.809. The molecule has 5 heteroatoms. The normalized spacial score (nSPS) is 11.8. The van der Waals surface area contributed by atoms with Gasteiger partial charge in [0.2, 0.25) is 5.91 Å². The van der Waals surface area contributed by atoms with Crippen LogP contribution >= 0.6 is 0 Å². The van der Waals surface area contributed by atoms with Gasteiger partial charge >= 0.3 is 0 Å². The fourth-order valence-corrected chi connectivity index (χ4v) is 2.07. The first-order chi connectivity index (χ1) is 10.0. The Hall–Kier alpha value is -1.88. The molecule has 0 spiro atoms. The van der Waals surface area contributed by atoms with Crippen LogP contribution in [-0.4, -0.2) is 35.8 Å². The molecule has 1 unspecified atom stereocenters. The zero-order valence-corrected chi connectivity index (χ0v) is 13.1. The van der Waals surface area contributed by atoms with Crippen molar-refractivity contribution in [2.75, 3.05) is 18.4 Å². The number of nitrogens with one attached hydrogen (secondary N) is 1. The number of benzene rings is 1. The van der Waals surface area contributed by atoms with E-state index in [1.165, 1.54) is 0 Å². The minimum absolute atomic E-state index is 0.000519. The predicted octanol–water partition coefficient (Wildman–Crippen LogP) is 2.23. The van der Waals surface area contributed by atoms with Gasteiger partial charge in [-0.15, -0.1) is 0 Å². The predicted molar refractivity (Wildman–Crippen MR) is 85.2 cm³/mol.